The van der Waals surface area contributed by atoms with E-state index in [0.29, 0.717) is 34.8 Å². The summed E-state index contributed by atoms with van der Waals surface area (Å²) in [6.45, 7) is 4.64. The Kier molecular flexibility index (Phi) is 8.75. The van der Waals surface area contributed by atoms with Crippen LogP contribution >= 0.6 is 11.3 Å². The van der Waals surface area contributed by atoms with Crippen LogP contribution < -0.4 is 14.8 Å². The number of carboxylic acid groups (broad SMARTS) is 1. The molecule has 6 rings (SSSR count). The number of nitrogens with one attached hydrogen (secondary N) is 1. The number of allylic oxidation sites excluding steroid dienone is 1. The number of nitrogens with zero attached hydrogens (tertiary/aromatic N) is 3. The minimum atomic E-state index is -1.37. The molecule has 2 amide bonds. The van der Waals surface area contributed by atoms with Gasteiger partial charge in [0.25, 0.3) is 0 Å². The Balaban J connectivity index is 1.35. The normalized spacial score (nSPS) is 26.8. The summed E-state index contributed by atoms with van der Waals surface area (Å²) in [5.74, 6) is -3.53. The Morgan fingerprint density at radius 1 is 1.17 bits per heavy atom. The first kappa shape index (κ1) is 31.9. The molecule has 3 heterocycles. The molecule has 1 aromatic carbocycles. The van der Waals surface area contributed by atoms with Gasteiger partial charge in [-0.1, -0.05) is 26.0 Å². The molecule has 2 fully saturated rings. The van der Waals surface area contributed by atoms with Crippen LogP contribution in [-0.4, -0.2) is 70.1 Å². The van der Waals surface area contributed by atoms with Crippen molar-refractivity contribution in [2.45, 2.75) is 69.9 Å². The van der Waals surface area contributed by atoms with Crippen LogP contribution in [0, 0.1) is 23.6 Å². The Labute approximate surface area is 271 Å². The number of aliphatic carboxylic acids is 1. The highest BCUT2D eigenvalue weighted by molar-refractivity contribution is 7.13. The lowest BCUT2D eigenvalue weighted by molar-refractivity contribution is -0.145. The SMILES string of the molecule is COc1ccc2c(O[C@@H]3C[C@H]4C(=O)N[C@]5(C(=O)O)C[C@H]5C=CCCCCN(C)C(=O)[C@@H]4C3)cc(-c3nc(C(C)C)cs3)nc2c1F. The first-order valence-electron chi connectivity index (χ1n) is 15.8. The number of ether oxygens (including phenoxy) is 2. The number of aromatic nitrogens is 2. The predicted molar refractivity (Wildman–Crippen MR) is 171 cm³/mol. The Morgan fingerprint density at radius 3 is 2.67 bits per heavy atom. The molecule has 2 aromatic heterocycles. The van der Waals surface area contributed by atoms with Crippen molar-refractivity contribution in [1.82, 2.24) is 20.2 Å². The van der Waals surface area contributed by atoms with E-state index in [1.165, 1.54) is 24.5 Å². The first-order chi connectivity index (χ1) is 22.0. The second kappa shape index (κ2) is 12.6. The minimum Gasteiger partial charge on any atom is -0.494 e. The van der Waals surface area contributed by atoms with E-state index in [9.17, 15) is 19.5 Å². The van der Waals surface area contributed by atoms with Gasteiger partial charge in [-0.05, 0) is 56.6 Å². The van der Waals surface area contributed by atoms with Crippen molar-refractivity contribution in [3.8, 4) is 22.2 Å². The number of halogens is 1. The lowest BCUT2D eigenvalue weighted by Crippen LogP contribution is -2.49. The van der Waals surface area contributed by atoms with Crippen LogP contribution in [0.4, 0.5) is 4.39 Å². The standard InChI is InChI=1S/C34H39FN4O6S/c1-18(2)25-17-46-31(37-25)24-15-27(21-10-11-26(44-4)28(35)29(21)36-24)45-20-13-22-23(14-20)32(41)39(3)12-8-6-5-7-9-19-16-34(19,33(42)43)38-30(22)40/h7,9-11,15,17-20,22-23H,5-6,8,12-14,16H2,1-4H3,(H,38,40)(H,42,43)/t19-,20-,22-,23-,34-/m1/s1. The van der Waals surface area contributed by atoms with E-state index in [2.05, 4.69) is 10.3 Å². The third-order valence-electron chi connectivity index (χ3n) is 9.47. The van der Waals surface area contributed by atoms with E-state index < -0.39 is 41.2 Å². The number of carbonyl (C=O) groups is 3. The van der Waals surface area contributed by atoms with E-state index >= 15 is 4.39 Å². The zero-order valence-electron chi connectivity index (χ0n) is 26.4. The molecule has 0 saturated heterocycles. The van der Waals surface area contributed by atoms with Gasteiger partial charge in [0, 0.05) is 36.3 Å². The third kappa shape index (κ3) is 5.94. The highest BCUT2D eigenvalue weighted by Gasteiger charge is 2.61. The number of benzene rings is 1. The van der Waals surface area contributed by atoms with Crippen molar-refractivity contribution in [2.75, 3.05) is 20.7 Å². The van der Waals surface area contributed by atoms with Gasteiger partial charge in [0.15, 0.2) is 11.6 Å². The lowest BCUT2D eigenvalue weighted by Gasteiger charge is -2.26. The van der Waals surface area contributed by atoms with Gasteiger partial charge in [-0.25, -0.2) is 19.2 Å². The van der Waals surface area contributed by atoms with Crippen molar-refractivity contribution < 1.29 is 33.4 Å². The molecule has 46 heavy (non-hydrogen) atoms. The molecular weight excluding hydrogens is 611 g/mol. The number of carbonyl (C=O) groups excluding carboxylic acids is 2. The molecule has 10 nitrogen and oxygen atoms in total. The quantitative estimate of drug-likeness (QED) is 0.332. The predicted octanol–water partition coefficient (Wildman–Crippen LogP) is 5.56. The van der Waals surface area contributed by atoms with E-state index in [0.717, 1.165) is 25.0 Å². The molecule has 12 heteroatoms. The molecule has 2 aliphatic carbocycles. The fraction of sp³-hybridized carbons (Fsp3) is 0.500. The zero-order chi connectivity index (χ0) is 32.7. The number of carboxylic acids is 1. The zero-order valence-corrected chi connectivity index (χ0v) is 27.2. The molecule has 0 bridgehead atoms. The molecular formula is C34H39FN4O6S. The smallest absolute Gasteiger partial charge is 0.330 e. The van der Waals surface area contributed by atoms with Crippen molar-refractivity contribution in [3.63, 3.8) is 0 Å². The van der Waals surface area contributed by atoms with Crippen LogP contribution in [0.15, 0.2) is 35.7 Å². The van der Waals surface area contributed by atoms with Gasteiger partial charge < -0.3 is 24.8 Å². The maximum absolute atomic E-state index is 15.6. The number of methoxy groups -OCH3 is 1. The van der Waals surface area contributed by atoms with Gasteiger partial charge in [-0.3, -0.25) is 9.59 Å². The van der Waals surface area contributed by atoms with Gasteiger partial charge >= 0.3 is 5.97 Å². The van der Waals surface area contributed by atoms with E-state index in [4.69, 9.17) is 14.5 Å². The van der Waals surface area contributed by atoms with Crippen LogP contribution in [0.3, 0.4) is 0 Å². The summed E-state index contributed by atoms with van der Waals surface area (Å²) in [7, 11) is 3.12. The second-order valence-corrected chi connectivity index (χ2v) is 13.8. The molecule has 2 saturated carbocycles. The maximum atomic E-state index is 15.6. The summed E-state index contributed by atoms with van der Waals surface area (Å²) in [6, 6.07) is 4.92. The summed E-state index contributed by atoms with van der Waals surface area (Å²) >= 11 is 1.41. The van der Waals surface area contributed by atoms with E-state index in [1.807, 2.05) is 31.4 Å². The highest BCUT2D eigenvalue weighted by Crippen LogP contribution is 2.47. The number of pyridine rings is 1. The highest BCUT2D eigenvalue weighted by atomic mass is 32.1. The summed E-state index contributed by atoms with van der Waals surface area (Å²) in [5, 5.41) is 15.8. The second-order valence-electron chi connectivity index (χ2n) is 12.9. The van der Waals surface area contributed by atoms with Crippen molar-refractivity contribution in [2.24, 2.45) is 17.8 Å². The number of hydrogen-bond acceptors (Lipinski definition) is 8. The largest absolute Gasteiger partial charge is 0.494 e. The molecule has 1 aliphatic heterocycles. The number of hydrogen-bond donors (Lipinski definition) is 2. The first-order valence-corrected chi connectivity index (χ1v) is 16.7. The summed E-state index contributed by atoms with van der Waals surface area (Å²) in [6.07, 6.45) is 6.47. The lowest BCUT2D eigenvalue weighted by atomic mass is 9.93. The number of amides is 2. The fourth-order valence-electron chi connectivity index (χ4n) is 6.61. The molecule has 244 valence electrons. The van der Waals surface area contributed by atoms with Crippen LogP contribution in [-0.2, 0) is 14.4 Å². The fourth-order valence-corrected chi connectivity index (χ4v) is 7.55. The Hall–Kier alpha value is -4.06. The Morgan fingerprint density at radius 2 is 1.96 bits per heavy atom. The molecule has 5 atom stereocenters. The van der Waals surface area contributed by atoms with Crippen LogP contribution in [0.25, 0.3) is 21.6 Å². The van der Waals surface area contributed by atoms with E-state index in [1.54, 1.807) is 24.1 Å². The van der Waals surface area contributed by atoms with Gasteiger partial charge in [0.05, 0.1) is 24.6 Å². The summed E-state index contributed by atoms with van der Waals surface area (Å²) in [4.78, 5) is 50.8. The molecule has 3 aliphatic rings. The maximum Gasteiger partial charge on any atom is 0.330 e. The average Bonchev–Trinajstić information content (AvgIpc) is 3.33. The molecule has 0 unspecified atom stereocenters. The molecule has 3 aromatic rings. The summed E-state index contributed by atoms with van der Waals surface area (Å²) < 4.78 is 27.4. The Bertz CT molecular complexity index is 1710. The van der Waals surface area contributed by atoms with E-state index in [-0.39, 0.29) is 41.9 Å². The van der Waals surface area contributed by atoms with Gasteiger partial charge in [0.2, 0.25) is 11.8 Å². The van der Waals surface area contributed by atoms with Crippen LogP contribution in [0.5, 0.6) is 11.5 Å². The van der Waals surface area contributed by atoms with Crippen molar-refractivity contribution >= 4 is 40.0 Å². The van der Waals surface area contributed by atoms with Gasteiger partial charge in [-0.15, -0.1) is 11.3 Å². The third-order valence-corrected chi connectivity index (χ3v) is 10.4. The topological polar surface area (TPSA) is 131 Å². The molecule has 0 spiro atoms. The minimum absolute atomic E-state index is 0.0425. The number of rotatable bonds is 6. The van der Waals surface area contributed by atoms with Gasteiger partial charge in [0.1, 0.15) is 33.6 Å². The summed E-state index contributed by atoms with van der Waals surface area (Å²) in [5.41, 5.74) is 0.0295. The van der Waals surface area contributed by atoms with Crippen molar-refractivity contribution in [3.05, 3.63) is 47.2 Å². The average molecular weight is 651 g/mol. The van der Waals surface area contributed by atoms with Crippen LogP contribution in [0.1, 0.15) is 64.0 Å². The van der Waals surface area contributed by atoms with Crippen molar-refractivity contribution in [1.29, 1.82) is 0 Å². The monoisotopic (exact) mass is 650 g/mol. The number of fused-ring (bicyclic) bond motifs is 3. The van der Waals surface area contributed by atoms with Crippen LogP contribution in [0.2, 0.25) is 0 Å². The number of thiazole rings is 1. The molecule has 2 N–H and O–H groups in total. The molecule has 0 radical (unpaired) electrons. The van der Waals surface area contributed by atoms with Gasteiger partial charge in [-0.2, -0.15) is 0 Å².